The van der Waals surface area contributed by atoms with E-state index in [4.69, 9.17) is 4.74 Å². The molecule has 156 valence electrons. The Bertz CT molecular complexity index is 1080. The molecule has 3 aromatic carbocycles. The minimum Gasteiger partial charge on any atom is -1.00 e. The number of hydrogen-bond acceptors (Lipinski definition) is 2. The molecular formula is C26H23BrN2O2. The van der Waals surface area contributed by atoms with E-state index in [1.807, 2.05) is 85.2 Å². The molecule has 1 aromatic heterocycles. The number of benzene rings is 3. The van der Waals surface area contributed by atoms with Crippen molar-refractivity contribution in [1.82, 2.24) is 0 Å². The molecule has 1 amide bonds. The van der Waals surface area contributed by atoms with Crippen molar-refractivity contribution >= 4 is 11.6 Å². The van der Waals surface area contributed by atoms with Gasteiger partial charge in [-0.25, -0.2) is 4.57 Å². The van der Waals surface area contributed by atoms with Crippen molar-refractivity contribution in [3.05, 3.63) is 126 Å². The first-order valence-electron chi connectivity index (χ1n) is 9.87. The first-order chi connectivity index (χ1) is 14.8. The number of hydrogen-bond donors (Lipinski definition) is 1. The van der Waals surface area contributed by atoms with Gasteiger partial charge in [0, 0.05) is 23.3 Å². The van der Waals surface area contributed by atoms with Crippen LogP contribution in [0.1, 0.15) is 21.5 Å². The van der Waals surface area contributed by atoms with E-state index in [-0.39, 0.29) is 22.9 Å². The molecule has 0 unspecified atom stereocenters. The van der Waals surface area contributed by atoms with Gasteiger partial charge in [-0.1, -0.05) is 60.7 Å². The average Bonchev–Trinajstić information content (AvgIpc) is 2.81. The van der Waals surface area contributed by atoms with Crippen LogP contribution in [0.3, 0.4) is 0 Å². The molecule has 0 saturated carbocycles. The van der Waals surface area contributed by atoms with Crippen LogP contribution in [0.2, 0.25) is 0 Å². The first-order valence-corrected chi connectivity index (χ1v) is 9.87. The third-order valence-electron chi connectivity index (χ3n) is 4.72. The number of anilines is 1. The van der Waals surface area contributed by atoms with Crippen LogP contribution in [0.15, 0.2) is 109 Å². The van der Waals surface area contributed by atoms with Crippen LogP contribution in [0.25, 0.3) is 0 Å². The molecule has 0 fully saturated rings. The van der Waals surface area contributed by atoms with Gasteiger partial charge in [0.1, 0.15) is 12.4 Å². The molecule has 0 aliphatic carbocycles. The van der Waals surface area contributed by atoms with Crippen molar-refractivity contribution in [1.29, 1.82) is 0 Å². The van der Waals surface area contributed by atoms with E-state index < -0.39 is 0 Å². The summed E-state index contributed by atoms with van der Waals surface area (Å²) in [5.41, 5.74) is 3.68. The van der Waals surface area contributed by atoms with Crippen LogP contribution in [0.5, 0.6) is 5.75 Å². The summed E-state index contributed by atoms with van der Waals surface area (Å²) < 4.78 is 7.85. The van der Waals surface area contributed by atoms with Gasteiger partial charge < -0.3 is 27.0 Å². The van der Waals surface area contributed by atoms with E-state index in [9.17, 15) is 4.79 Å². The Morgan fingerprint density at radius 2 is 1.32 bits per heavy atom. The van der Waals surface area contributed by atoms with E-state index in [1.54, 1.807) is 12.1 Å². The summed E-state index contributed by atoms with van der Waals surface area (Å²) in [6.07, 6.45) is 3.92. The van der Waals surface area contributed by atoms with E-state index in [1.165, 1.54) is 5.56 Å². The second kappa shape index (κ2) is 11.1. The molecule has 0 radical (unpaired) electrons. The van der Waals surface area contributed by atoms with Crippen LogP contribution < -0.4 is 31.6 Å². The standard InChI is InChI=1S/C26H22N2O2.BrH/c29-26(23-11-13-25(14-12-23)30-20-22-9-5-2-6-10-22)27-24-15-17-28(18-16-24)19-21-7-3-1-4-8-21;/h1-18H,19-20H2;1H. The van der Waals surface area contributed by atoms with Gasteiger partial charge in [0.05, 0.1) is 5.69 Å². The number of nitrogens with zero attached hydrogens (tertiary/aromatic N) is 1. The fourth-order valence-electron chi connectivity index (χ4n) is 3.09. The molecule has 0 aliphatic heterocycles. The van der Waals surface area contributed by atoms with Crippen molar-refractivity contribution in [2.24, 2.45) is 0 Å². The molecule has 1 N–H and O–H groups in total. The third kappa shape index (κ3) is 6.52. The van der Waals surface area contributed by atoms with Crippen LogP contribution in [-0.2, 0) is 13.2 Å². The molecule has 0 saturated heterocycles. The highest BCUT2D eigenvalue weighted by molar-refractivity contribution is 6.04. The Morgan fingerprint density at radius 1 is 0.742 bits per heavy atom. The molecule has 0 atom stereocenters. The maximum atomic E-state index is 12.5. The molecular weight excluding hydrogens is 452 g/mol. The van der Waals surface area contributed by atoms with E-state index >= 15 is 0 Å². The number of pyridine rings is 1. The predicted octanol–water partition coefficient (Wildman–Crippen LogP) is 1.86. The molecule has 31 heavy (non-hydrogen) atoms. The minimum atomic E-state index is -0.148. The van der Waals surface area contributed by atoms with Crippen molar-refractivity contribution in [2.45, 2.75) is 13.2 Å². The minimum absolute atomic E-state index is 0. The number of amides is 1. The highest BCUT2D eigenvalue weighted by atomic mass is 79.9. The summed E-state index contributed by atoms with van der Waals surface area (Å²) in [7, 11) is 0. The van der Waals surface area contributed by atoms with Crippen molar-refractivity contribution in [3.8, 4) is 5.75 Å². The summed E-state index contributed by atoms with van der Waals surface area (Å²) in [5.74, 6) is 0.586. The number of carbonyl (C=O) groups is 1. The van der Waals surface area contributed by atoms with Gasteiger partial charge in [-0.05, 0) is 29.8 Å². The Labute approximate surface area is 192 Å². The molecule has 4 rings (SSSR count). The monoisotopic (exact) mass is 474 g/mol. The highest BCUT2D eigenvalue weighted by Crippen LogP contribution is 2.15. The zero-order valence-electron chi connectivity index (χ0n) is 16.9. The lowest BCUT2D eigenvalue weighted by molar-refractivity contribution is -0.688. The molecule has 5 heteroatoms. The maximum Gasteiger partial charge on any atom is 0.255 e. The number of rotatable bonds is 7. The normalized spacial score (nSPS) is 10.1. The van der Waals surface area contributed by atoms with Crippen LogP contribution in [0, 0.1) is 0 Å². The number of ether oxygens (including phenoxy) is 1. The van der Waals surface area contributed by atoms with Gasteiger partial charge >= 0.3 is 0 Å². The largest absolute Gasteiger partial charge is 1.00 e. The Balaban J connectivity index is 0.00000272. The summed E-state index contributed by atoms with van der Waals surface area (Å²) in [6, 6.07) is 31.2. The van der Waals surface area contributed by atoms with Gasteiger partial charge in [0.25, 0.3) is 5.91 Å². The Morgan fingerprint density at radius 3 is 1.94 bits per heavy atom. The van der Waals surface area contributed by atoms with Crippen LogP contribution in [-0.4, -0.2) is 5.91 Å². The van der Waals surface area contributed by atoms with Crippen LogP contribution in [0.4, 0.5) is 5.69 Å². The number of aromatic nitrogens is 1. The lowest BCUT2D eigenvalue weighted by Gasteiger charge is -2.08. The predicted molar refractivity (Wildman–Crippen MR) is 117 cm³/mol. The van der Waals surface area contributed by atoms with Gasteiger partial charge in [0.15, 0.2) is 18.9 Å². The topological polar surface area (TPSA) is 42.2 Å². The SMILES string of the molecule is O=C(Nc1cc[n+](Cc2ccccc2)cc1)c1ccc(OCc2ccccc2)cc1.[Br-]. The molecule has 0 bridgehead atoms. The van der Waals surface area contributed by atoms with Crippen molar-refractivity contribution in [3.63, 3.8) is 0 Å². The van der Waals surface area contributed by atoms with Gasteiger partial charge in [-0.3, -0.25) is 4.79 Å². The van der Waals surface area contributed by atoms with Crippen molar-refractivity contribution < 1.29 is 31.1 Å². The fraction of sp³-hybridized carbons (Fsp3) is 0.0769. The summed E-state index contributed by atoms with van der Waals surface area (Å²) in [6.45, 7) is 1.29. The lowest BCUT2D eigenvalue weighted by atomic mass is 10.2. The number of carbonyl (C=O) groups excluding carboxylic acids is 1. The Kier molecular flexibility index (Phi) is 7.96. The molecule has 1 heterocycles. The van der Waals surface area contributed by atoms with Gasteiger partial charge in [-0.15, -0.1) is 0 Å². The second-order valence-electron chi connectivity index (χ2n) is 7.00. The molecule has 4 nitrogen and oxygen atoms in total. The summed E-state index contributed by atoms with van der Waals surface area (Å²) in [5, 5.41) is 2.93. The highest BCUT2D eigenvalue weighted by Gasteiger charge is 2.08. The van der Waals surface area contributed by atoms with Gasteiger partial charge in [0.2, 0.25) is 0 Å². The molecule has 0 aliphatic rings. The van der Waals surface area contributed by atoms with Gasteiger partial charge in [-0.2, -0.15) is 0 Å². The molecule has 0 spiro atoms. The third-order valence-corrected chi connectivity index (χ3v) is 4.72. The maximum absolute atomic E-state index is 12.5. The number of halogens is 1. The lowest BCUT2D eigenvalue weighted by Crippen LogP contribution is -3.00. The Hall–Kier alpha value is -3.44. The average molecular weight is 475 g/mol. The summed E-state index contributed by atoms with van der Waals surface area (Å²) >= 11 is 0. The zero-order chi connectivity index (χ0) is 20.6. The van der Waals surface area contributed by atoms with Crippen molar-refractivity contribution in [2.75, 3.05) is 5.32 Å². The summed E-state index contributed by atoms with van der Waals surface area (Å²) in [4.78, 5) is 12.5. The smallest absolute Gasteiger partial charge is 0.255 e. The second-order valence-corrected chi connectivity index (χ2v) is 7.00. The van der Waals surface area contributed by atoms with E-state index in [0.717, 1.165) is 23.5 Å². The fourth-order valence-corrected chi connectivity index (χ4v) is 3.09. The van der Waals surface area contributed by atoms with E-state index in [0.29, 0.717) is 12.2 Å². The quantitative estimate of drug-likeness (QED) is 0.415. The molecule has 4 aromatic rings. The van der Waals surface area contributed by atoms with E-state index in [2.05, 4.69) is 22.0 Å². The first kappa shape index (κ1) is 22.2. The van der Waals surface area contributed by atoms with Crippen LogP contribution >= 0.6 is 0 Å². The zero-order valence-corrected chi connectivity index (χ0v) is 18.5. The number of nitrogens with one attached hydrogen (secondary N) is 1.